The molecule has 18 heavy (non-hydrogen) atoms. The number of halogens is 2. The third-order valence-corrected chi connectivity index (χ3v) is 5.17. The summed E-state index contributed by atoms with van der Waals surface area (Å²) in [4.78, 5) is 12.6. The van der Waals surface area contributed by atoms with Crippen molar-refractivity contribution < 1.29 is 9.90 Å². The maximum Gasteiger partial charge on any atom is 0.171 e. The number of ketones is 1. The lowest BCUT2D eigenvalue weighted by Gasteiger charge is -2.31. The summed E-state index contributed by atoms with van der Waals surface area (Å²) in [6.07, 6.45) is 5.94. The van der Waals surface area contributed by atoms with E-state index in [1.54, 1.807) is 6.07 Å². The van der Waals surface area contributed by atoms with Crippen LogP contribution in [0.15, 0.2) is 6.07 Å². The number of Topliss-reactive ketones (excluding diaryl/α,β-unsaturated/α-hetero) is 1. The Hall–Kier alpha value is -0.730. The van der Waals surface area contributed by atoms with Crippen LogP contribution in [-0.2, 0) is 6.42 Å². The van der Waals surface area contributed by atoms with Gasteiger partial charge in [0, 0.05) is 11.0 Å². The zero-order chi connectivity index (χ0) is 12.9. The van der Waals surface area contributed by atoms with Crippen LogP contribution in [0.1, 0.15) is 48.0 Å². The highest BCUT2D eigenvalue weighted by atomic mass is 35.5. The molecule has 0 heterocycles. The maximum absolute atomic E-state index is 12.6. The Kier molecular flexibility index (Phi) is 2.83. The SMILES string of the molecule is O=C1c2c(cc(O)c(Cl)c2Cl)CC12CCCCC2. The van der Waals surface area contributed by atoms with Gasteiger partial charge in [0.1, 0.15) is 10.8 Å². The summed E-state index contributed by atoms with van der Waals surface area (Å²) in [5.41, 5.74) is 1.12. The highest BCUT2D eigenvalue weighted by Gasteiger charge is 2.47. The fourth-order valence-corrected chi connectivity index (χ4v) is 3.84. The molecule has 0 bridgehead atoms. The van der Waals surface area contributed by atoms with Gasteiger partial charge in [0.05, 0.1) is 5.02 Å². The normalized spacial score (nSPS) is 21.3. The molecule has 0 unspecified atom stereocenters. The van der Waals surface area contributed by atoms with E-state index in [2.05, 4.69) is 0 Å². The predicted molar refractivity (Wildman–Crippen MR) is 71.7 cm³/mol. The molecule has 0 aromatic heterocycles. The van der Waals surface area contributed by atoms with Crippen LogP contribution in [-0.4, -0.2) is 10.9 Å². The van der Waals surface area contributed by atoms with Crippen LogP contribution in [0.3, 0.4) is 0 Å². The second-order valence-electron chi connectivity index (χ2n) is 5.40. The molecule has 1 N–H and O–H groups in total. The molecule has 1 aromatic rings. The lowest BCUT2D eigenvalue weighted by Crippen LogP contribution is -2.30. The number of hydrogen-bond acceptors (Lipinski definition) is 2. The van der Waals surface area contributed by atoms with Gasteiger partial charge < -0.3 is 5.11 Å². The summed E-state index contributed by atoms with van der Waals surface area (Å²) in [6.45, 7) is 0. The molecule has 2 nitrogen and oxygen atoms in total. The van der Waals surface area contributed by atoms with Gasteiger partial charge in [0.2, 0.25) is 0 Å². The first-order chi connectivity index (χ1) is 8.55. The van der Waals surface area contributed by atoms with Gasteiger partial charge in [-0.05, 0) is 30.9 Å². The number of carbonyl (C=O) groups excluding carboxylic acids is 1. The Balaban J connectivity index is 2.12. The van der Waals surface area contributed by atoms with Crippen molar-refractivity contribution >= 4 is 29.0 Å². The summed E-state index contributed by atoms with van der Waals surface area (Å²) < 4.78 is 0. The molecular formula is C14H14Cl2O2. The quantitative estimate of drug-likeness (QED) is 0.767. The molecule has 96 valence electrons. The third kappa shape index (κ3) is 1.59. The van der Waals surface area contributed by atoms with Gasteiger partial charge in [-0.1, -0.05) is 42.5 Å². The molecule has 1 aromatic carbocycles. The van der Waals surface area contributed by atoms with Crippen LogP contribution in [0.2, 0.25) is 10.0 Å². The van der Waals surface area contributed by atoms with Gasteiger partial charge in [0.15, 0.2) is 5.78 Å². The minimum Gasteiger partial charge on any atom is -0.506 e. The minimum atomic E-state index is -0.276. The number of hydrogen-bond donors (Lipinski definition) is 1. The molecule has 3 rings (SSSR count). The van der Waals surface area contributed by atoms with Gasteiger partial charge >= 0.3 is 0 Å². The second-order valence-corrected chi connectivity index (χ2v) is 6.16. The van der Waals surface area contributed by atoms with Gasteiger partial charge in [-0.3, -0.25) is 4.79 Å². The highest BCUT2D eigenvalue weighted by Crippen LogP contribution is 2.51. The molecule has 0 atom stereocenters. The van der Waals surface area contributed by atoms with E-state index in [1.807, 2.05) is 0 Å². The Labute approximate surface area is 116 Å². The number of benzene rings is 1. The number of phenolic OH excluding ortho intramolecular Hbond substituents is 1. The molecule has 0 radical (unpaired) electrons. The summed E-state index contributed by atoms with van der Waals surface area (Å²) in [6, 6.07) is 1.60. The zero-order valence-corrected chi connectivity index (χ0v) is 11.4. The first-order valence-corrected chi connectivity index (χ1v) is 7.05. The number of fused-ring (bicyclic) bond motifs is 1. The first kappa shape index (κ1) is 12.3. The van der Waals surface area contributed by atoms with E-state index in [-0.39, 0.29) is 27.0 Å². The summed E-state index contributed by atoms with van der Waals surface area (Å²) >= 11 is 12.0. The zero-order valence-electron chi connectivity index (χ0n) is 9.93. The van der Waals surface area contributed by atoms with Gasteiger partial charge in [-0.25, -0.2) is 0 Å². The standard InChI is InChI=1S/C14H14Cl2O2/c15-11-9(17)6-8-7-14(4-2-1-3-5-14)13(18)10(8)12(11)16/h6,17H,1-5,7H2. The predicted octanol–water partition coefficient (Wildman–Crippen LogP) is 4.39. The average molecular weight is 285 g/mol. The van der Waals surface area contributed by atoms with Crippen molar-refractivity contribution in [2.45, 2.75) is 38.5 Å². The van der Waals surface area contributed by atoms with Crippen LogP contribution in [0.25, 0.3) is 0 Å². The topological polar surface area (TPSA) is 37.3 Å². The van der Waals surface area contributed by atoms with Crippen molar-refractivity contribution in [2.75, 3.05) is 0 Å². The molecule has 1 saturated carbocycles. The Morgan fingerprint density at radius 2 is 1.78 bits per heavy atom. The molecule has 0 aliphatic heterocycles. The number of carbonyl (C=O) groups is 1. The molecule has 2 aliphatic rings. The van der Waals surface area contributed by atoms with E-state index < -0.39 is 0 Å². The van der Waals surface area contributed by atoms with E-state index in [9.17, 15) is 9.90 Å². The highest BCUT2D eigenvalue weighted by molar-refractivity contribution is 6.45. The van der Waals surface area contributed by atoms with Crippen molar-refractivity contribution in [3.05, 3.63) is 27.2 Å². The molecule has 1 spiro atoms. The summed E-state index contributed by atoms with van der Waals surface area (Å²) in [7, 11) is 0. The number of rotatable bonds is 0. The van der Waals surface area contributed by atoms with E-state index in [4.69, 9.17) is 23.2 Å². The van der Waals surface area contributed by atoms with Crippen molar-refractivity contribution in [3.63, 3.8) is 0 Å². The fraction of sp³-hybridized carbons (Fsp3) is 0.500. The van der Waals surface area contributed by atoms with E-state index >= 15 is 0 Å². The fourth-order valence-electron chi connectivity index (χ4n) is 3.39. The Morgan fingerprint density at radius 3 is 2.44 bits per heavy atom. The second kappa shape index (κ2) is 4.14. The van der Waals surface area contributed by atoms with Gasteiger partial charge in [-0.2, -0.15) is 0 Å². The van der Waals surface area contributed by atoms with E-state index in [0.29, 0.717) is 12.0 Å². The van der Waals surface area contributed by atoms with E-state index in [0.717, 1.165) is 31.2 Å². The van der Waals surface area contributed by atoms with Crippen LogP contribution in [0.4, 0.5) is 0 Å². The molecule has 0 saturated heterocycles. The lowest BCUT2D eigenvalue weighted by molar-refractivity contribution is 0.0748. The Bertz CT molecular complexity index is 531. The summed E-state index contributed by atoms with van der Waals surface area (Å²) in [5, 5.41) is 10.0. The Morgan fingerprint density at radius 1 is 1.11 bits per heavy atom. The average Bonchev–Trinajstić information content (AvgIpc) is 2.61. The number of phenols is 1. The van der Waals surface area contributed by atoms with Crippen molar-refractivity contribution in [2.24, 2.45) is 5.41 Å². The molecule has 4 heteroatoms. The number of aromatic hydroxyl groups is 1. The maximum atomic E-state index is 12.6. The van der Waals surface area contributed by atoms with Crippen molar-refractivity contribution in [1.82, 2.24) is 0 Å². The first-order valence-electron chi connectivity index (χ1n) is 6.30. The van der Waals surface area contributed by atoms with Crippen molar-refractivity contribution in [1.29, 1.82) is 0 Å². The largest absolute Gasteiger partial charge is 0.506 e. The monoisotopic (exact) mass is 284 g/mol. The molecule has 1 fully saturated rings. The van der Waals surface area contributed by atoms with Gasteiger partial charge in [-0.15, -0.1) is 0 Å². The van der Waals surface area contributed by atoms with Crippen LogP contribution in [0.5, 0.6) is 5.75 Å². The minimum absolute atomic E-state index is 0.0268. The van der Waals surface area contributed by atoms with Crippen LogP contribution in [0, 0.1) is 5.41 Å². The molecule has 0 amide bonds. The van der Waals surface area contributed by atoms with Gasteiger partial charge in [0.25, 0.3) is 0 Å². The van der Waals surface area contributed by atoms with E-state index in [1.165, 1.54) is 6.42 Å². The smallest absolute Gasteiger partial charge is 0.171 e. The van der Waals surface area contributed by atoms with Crippen LogP contribution >= 0.6 is 23.2 Å². The van der Waals surface area contributed by atoms with Crippen LogP contribution < -0.4 is 0 Å². The third-order valence-electron chi connectivity index (χ3n) is 4.32. The summed E-state index contributed by atoms with van der Waals surface area (Å²) in [5.74, 6) is 0.102. The van der Waals surface area contributed by atoms with Crippen molar-refractivity contribution in [3.8, 4) is 5.75 Å². The molecular weight excluding hydrogens is 271 g/mol. The molecule has 2 aliphatic carbocycles. The lowest BCUT2D eigenvalue weighted by atomic mass is 9.71.